The summed E-state index contributed by atoms with van der Waals surface area (Å²) in [6.07, 6.45) is 1.34. The maximum absolute atomic E-state index is 11.9. The van der Waals surface area contributed by atoms with Crippen LogP contribution >= 0.6 is 0 Å². The highest BCUT2D eigenvalue weighted by Gasteiger charge is 2.19. The monoisotopic (exact) mass is 316 g/mol. The average molecular weight is 316 g/mol. The number of nitrogens with zero attached hydrogens (tertiary/aromatic N) is 3. The van der Waals surface area contributed by atoms with Crippen LogP contribution in [0.15, 0.2) is 24.3 Å². The van der Waals surface area contributed by atoms with Gasteiger partial charge in [-0.1, -0.05) is 18.6 Å². The van der Waals surface area contributed by atoms with Crippen molar-refractivity contribution in [2.75, 3.05) is 0 Å². The molecule has 0 atom stereocenters. The summed E-state index contributed by atoms with van der Waals surface area (Å²) in [4.78, 5) is 23.2. The summed E-state index contributed by atoms with van der Waals surface area (Å²) in [5, 5.41) is 19.7. The number of benzene rings is 1. The molecule has 0 aliphatic rings. The summed E-state index contributed by atoms with van der Waals surface area (Å²) >= 11 is 0. The first kappa shape index (κ1) is 16.7. The van der Waals surface area contributed by atoms with Gasteiger partial charge in [0.15, 0.2) is 5.69 Å². The molecule has 7 heteroatoms. The van der Waals surface area contributed by atoms with E-state index in [2.05, 4.69) is 15.6 Å². The van der Waals surface area contributed by atoms with Crippen molar-refractivity contribution in [1.29, 1.82) is 0 Å². The van der Waals surface area contributed by atoms with Gasteiger partial charge < -0.3 is 10.4 Å². The Bertz CT molecular complexity index is 705. The van der Waals surface area contributed by atoms with Gasteiger partial charge in [-0.15, -0.1) is 5.10 Å². The molecule has 1 aromatic carbocycles. The van der Waals surface area contributed by atoms with E-state index in [1.807, 2.05) is 20.8 Å². The topological polar surface area (TPSA) is 97.1 Å². The van der Waals surface area contributed by atoms with Crippen molar-refractivity contribution in [2.24, 2.45) is 0 Å². The maximum atomic E-state index is 11.9. The molecular formula is C16H20N4O3. The maximum Gasteiger partial charge on any atom is 0.358 e. The van der Waals surface area contributed by atoms with Crippen molar-refractivity contribution < 1.29 is 14.7 Å². The molecule has 0 radical (unpaired) electrons. The van der Waals surface area contributed by atoms with Crippen molar-refractivity contribution in [1.82, 2.24) is 20.3 Å². The fourth-order valence-electron chi connectivity index (χ4n) is 2.24. The highest BCUT2D eigenvalue weighted by molar-refractivity contribution is 5.94. The first-order chi connectivity index (χ1) is 10.9. The zero-order chi connectivity index (χ0) is 17.0. The Morgan fingerprint density at radius 3 is 2.43 bits per heavy atom. The van der Waals surface area contributed by atoms with Gasteiger partial charge in [0.25, 0.3) is 5.91 Å². The third-order valence-electron chi connectivity index (χ3n) is 3.25. The standard InChI is InChI=1S/C16H20N4O3/c1-4-5-13-14(16(22)23)18-19-20(13)12-8-6-11(7-9-12)15(21)17-10(2)3/h6-10H,4-5H2,1-3H3,(H,17,21)(H,22,23). The summed E-state index contributed by atoms with van der Waals surface area (Å²) in [5.74, 6) is -1.24. The van der Waals surface area contributed by atoms with Crippen LogP contribution in [-0.2, 0) is 6.42 Å². The molecule has 122 valence electrons. The van der Waals surface area contributed by atoms with E-state index in [9.17, 15) is 14.7 Å². The molecule has 1 heterocycles. The first-order valence-electron chi connectivity index (χ1n) is 7.53. The van der Waals surface area contributed by atoms with Crippen molar-refractivity contribution in [3.05, 3.63) is 41.2 Å². The Labute approximate surface area is 134 Å². The number of carbonyl (C=O) groups is 2. The number of rotatable bonds is 6. The molecule has 1 amide bonds. The highest BCUT2D eigenvalue weighted by Crippen LogP contribution is 2.16. The van der Waals surface area contributed by atoms with Gasteiger partial charge in [-0.3, -0.25) is 4.79 Å². The van der Waals surface area contributed by atoms with Crippen LogP contribution in [0.4, 0.5) is 0 Å². The summed E-state index contributed by atoms with van der Waals surface area (Å²) < 4.78 is 1.51. The summed E-state index contributed by atoms with van der Waals surface area (Å²) in [7, 11) is 0. The Morgan fingerprint density at radius 1 is 1.26 bits per heavy atom. The Hall–Kier alpha value is -2.70. The fourth-order valence-corrected chi connectivity index (χ4v) is 2.24. The van der Waals surface area contributed by atoms with Crippen LogP contribution < -0.4 is 5.32 Å². The summed E-state index contributed by atoms with van der Waals surface area (Å²) in [6.45, 7) is 5.75. The minimum atomic E-state index is -1.09. The van der Waals surface area contributed by atoms with E-state index in [0.29, 0.717) is 23.4 Å². The van der Waals surface area contributed by atoms with Crippen molar-refractivity contribution in [3.8, 4) is 5.69 Å². The van der Waals surface area contributed by atoms with Crippen LogP contribution in [0, 0.1) is 0 Å². The second-order valence-corrected chi connectivity index (χ2v) is 5.53. The predicted octanol–water partition coefficient (Wildman–Crippen LogP) is 2.06. The van der Waals surface area contributed by atoms with Gasteiger partial charge in [0, 0.05) is 11.6 Å². The number of hydrogen-bond donors (Lipinski definition) is 2. The smallest absolute Gasteiger partial charge is 0.358 e. The van der Waals surface area contributed by atoms with E-state index >= 15 is 0 Å². The lowest BCUT2D eigenvalue weighted by Gasteiger charge is -2.10. The van der Waals surface area contributed by atoms with Crippen molar-refractivity contribution >= 4 is 11.9 Å². The molecule has 0 unspecified atom stereocenters. The van der Waals surface area contributed by atoms with Gasteiger partial charge in [-0.05, 0) is 44.5 Å². The first-order valence-corrected chi connectivity index (χ1v) is 7.53. The molecule has 7 nitrogen and oxygen atoms in total. The van der Waals surface area contributed by atoms with Gasteiger partial charge in [-0.25, -0.2) is 9.48 Å². The van der Waals surface area contributed by atoms with E-state index in [-0.39, 0.29) is 17.6 Å². The molecule has 1 aromatic heterocycles. The van der Waals surface area contributed by atoms with Gasteiger partial charge in [-0.2, -0.15) is 0 Å². The molecule has 23 heavy (non-hydrogen) atoms. The SMILES string of the molecule is CCCc1c(C(=O)O)nnn1-c1ccc(C(=O)NC(C)C)cc1. The van der Waals surface area contributed by atoms with Gasteiger partial charge in [0.1, 0.15) is 0 Å². The predicted molar refractivity (Wildman–Crippen MR) is 84.9 cm³/mol. The van der Waals surface area contributed by atoms with Gasteiger partial charge in [0.05, 0.1) is 11.4 Å². The van der Waals surface area contributed by atoms with Crippen LogP contribution in [-0.4, -0.2) is 38.0 Å². The number of aromatic nitrogens is 3. The summed E-state index contributed by atoms with van der Waals surface area (Å²) in [6, 6.07) is 6.89. The quantitative estimate of drug-likeness (QED) is 0.850. The molecule has 0 aliphatic heterocycles. The third-order valence-corrected chi connectivity index (χ3v) is 3.25. The minimum absolute atomic E-state index is 0.0338. The van der Waals surface area contributed by atoms with Gasteiger partial charge >= 0.3 is 5.97 Å². The van der Waals surface area contributed by atoms with Crippen LogP contribution in [0.25, 0.3) is 5.69 Å². The molecule has 0 bridgehead atoms. The van der Waals surface area contributed by atoms with Crippen LogP contribution in [0.2, 0.25) is 0 Å². The molecule has 0 fully saturated rings. The fraction of sp³-hybridized carbons (Fsp3) is 0.375. The molecule has 0 saturated heterocycles. The highest BCUT2D eigenvalue weighted by atomic mass is 16.4. The molecule has 0 saturated carbocycles. The van der Waals surface area contributed by atoms with Crippen LogP contribution in [0.3, 0.4) is 0 Å². The third kappa shape index (κ3) is 3.74. The number of carboxylic acid groups (broad SMARTS) is 1. The number of hydrogen-bond acceptors (Lipinski definition) is 4. The normalized spacial score (nSPS) is 10.8. The molecule has 2 aromatic rings. The van der Waals surface area contributed by atoms with Gasteiger partial charge in [0.2, 0.25) is 0 Å². The largest absolute Gasteiger partial charge is 0.476 e. The van der Waals surface area contributed by atoms with Crippen molar-refractivity contribution in [3.63, 3.8) is 0 Å². The van der Waals surface area contributed by atoms with E-state index in [0.717, 1.165) is 6.42 Å². The van der Waals surface area contributed by atoms with E-state index in [1.54, 1.807) is 24.3 Å². The summed E-state index contributed by atoms with van der Waals surface area (Å²) in [5.41, 5.74) is 1.74. The Morgan fingerprint density at radius 2 is 1.91 bits per heavy atom. The second-order valence-electron chi connectivity index (χ2n) is 5.53. The van der Waals surface area contributed by atoms with E-state index in [4.69, 9.17) is 0 Å². The van der Waals surface area contributed by atoms with E-state index in [1.165, 1.54) is 4.68 Å². The number of nitrogens with one attached hydrogen (secondary N) is 1. The Kier molecular flexibility index (Phi) is 5.10. The lowest BCUT2D eigenvalue weighted by atomic mass is 10.1. The number of carboxylic acids is 1. The minimum Gasteiger partial charge on any atom is -0.476 e. The van der Waals surface area contributed by atoms with Crippen LogP contribution in [0.1, 0.15) is 53.7 Å². The zero-order valence-electron chi connectivity index (χ0n) is 13.4. The molecular weight excluding hydrogens is 296 g/mol. The Balaban J connectivity index is 2.32. The number of amides is 1. The molecule has 2 rings (SSSR count). The molecule has 2 N–H and O–H groups in total. The number of aromatic carboxylic acids is 1. The zero-order valence-corrected chi connectivity index (χ0v) is 13.4. The molecule has 0 aliphatic carbocycles. The van der Waals surface area contributed by atoms with Crippen molar-refractivity contribution in [2.45, 2.75) is 39.7 Å². The lowest BCUT2D eigenvalue weighted by molar-refractivity contribution is 0.0688. The molecule has 0 spiro atoms. The second kappa shape index (κ2) is 7.04. The number of carbonyl (C=O) groups excluding carboxylic acids is 1. The van der Waals surface area contributed by atoms with Crippen LogP contribution in [0.5, 0.6) is 0 Å². The van der Waals surface area contributed by atoms with E-state index < -0.39 is 5.97 Å². The lowest BCUT2D eigenvalue weighted by Crippen LogP contribution is -2.30. The average Bonchev–Trinajstić information content (AvgIpc) is 2.91.